The fourth-order valence-electron chi connectivity index (χ4n) is 2.73. The minimum absolute atomic E-state index is 1.07. The van der Waals surface area contributed by atoms with Gasteiger partial charge >= 0.3 is 0 Å². The first kappa shape index (κ1) is 14.8. The van der Waals surface area contributed by atoms with E-state index in [0.29, 0.717) is 0 Å². The summed E-state index contributed by atoms with van der Waals surface area (Å²) in [4.78, 5) is 0. The SMILES string of the molecule is CCCCCCc1ccccc1Cc1ccccc1C. The quantitative estimate of drug-likeness (QED) is 0.563. The summed E-state index contributed by atoms with van der Waals surface area (Å²) in [5, 5.41) is 0. The normalized spacial score (nSPS) is 10.7. The molecule has 0 nitrogen and oxygen atoms in total. The Bertz CT molecular complexity index is 525. The molecule has 0 aliphatic heterocycles. The van der Waals surface area contributed by atoms with Gasteiger partial charge in [-0.25, -0.2) is 0 Å². The number of aryl methyl sites for hydroxylation is 2. The summed E-state index contributed by atoms with van der Waals surface area (Å²) in [7, 11) is 0. The second-order valence-corrected chi connectivity index (χ2v) is 5.68. The number of rotatable bonds is 7. The van der Waals surface area contributed by atoms with Crippen LogP contribution in [0.25, 0.3) is 0 Å². The maximum atomic E-state index is 2.31. The van der Waals surface area contributed by atoms with E-state index in [0.717, 1.165) is 6.42 Å². The Morgan fingerprint density at radius 3 is 2.05 bits per heavy atom. The third-order valence-corrected chi connectivity index (χ3v) is 4.06. The maximum absolute atomic E-state index is 2.31. The maximum Gasteiger partial charge on any atom is -0.00204 e. The van der Waals surface area contributed by atoms with Gasteiger partial charge in [0.05, 0.1) is 0 Å². The first-order valence-corrected chi connectivity index (χ1v) is 7.92. The molecular weight excluding hydrogens is 240 g/mol. The highest BCUT2D eigenvalue weighted by Crippen LogP contribution is 2.19. The van der Waals surface area contributed by atoms with E-state index in [1.165, 1.54) is 54.4 Å². The van der Waals surface area contributed by atoms with Gasteiger partial charge in [0.25, 0.3) is 0 Å². The predicted octanol–water partition coefficient (Wildman–Crippen LogP) is 5.71. The summed E-state index contributed by atoms with van der Waals surface area (Å²) in [6, 6.07) is 17.7. The smallest absolute Gasteiger partial charge is 0.00204 e. The molecule has 0 unspecified atom stereocenters. The molecule has 0 saturated heterocycles. The van der Waals surface area contributed by atoms with Crippen molar-refractivity contribution in [1.29, 1.82) is 0 Å². The monoisotopic (exact) mass is 266 g/mol. The van der Waals surface area contributed by atoms with E-state index in [2.05, 4.69) is 62.4 Å². The van der Waals surface area contributed by atoms with Crippen molar-refractivity contribution in [2.75, 3.05) is 0 Å². The van der Waals surface area contributed by atoms with Crippen LogP contribution in [0.1, 0.15) is 54.9 Å². The van der Waals surface area contributed by atoms with Crippen LogP contribution < -0.4 is 0 Å². The van der Waals surface area contributed by atoms with Gasteiger partial charge in [-0.1, -0.05) is 74.7 Å². The zero-order chi connectivity index (χ0) is 14.2. The minimum atomic E-state index is 1.07. The fourth-order valence-corrected chi connectivity index (χ4v) is 2.73. The molecule has 0 heterocycles. The Labute approximate surface area is 123 Å². The molecule has 2 aromatic rings. The summed E-state index contributed by atoms with van der Waals surface area (Å²) in [6.45, 7) is 4.48. The van der Waals surface area contributed by atoms with Gasteiger partial charge in [0.1, 0.15) is 0 Å². The van der Waals surface area contributed by atoms with Gasteiger partial charge in [-0.3, -0.25) is 0 Å². The Morgan fingerprint density at radius 2 is 1.35 bits per heavy atom. The number of unbranched alkanes of at least 4 members (excludes halogenated alkanes) is 3. The van der Waals surface area contributed by atoms with Crippen LogP contribution in [0.4, 0.5) is 0 Å². The molecule has 0 radical (unpaired) electrons. The van der Waals surface area contributed by atoms with Crippen molar-refractivity contribution < 1.29 is 0 Å². The number of benzene rings is 2. The molecule has 2 rings (SSSR count). The standard InChI is InChI=1S/C20H26/c1-3-4-5-6-12-18-13-9-10-15-20(18)16-19-14-8-7-11-17(19)2/h7-11,13-15H,3-6,12,16H2,1-2H3. The van der Waals surface area contributed by atoms with Gasteiger partial charge < -0.3 is 0 Å². The molecule has 0 aliphatic carbocycles. The van der Waals surface area contributed by atoms with Gasteiger partial charge in [0.15, 0.2) is 0 Å². The van der Waals surface area contributed by atoms with Crippen LogP contribution in [-0.4, -0.2) is 0 Å². The van der Waals surface area contributed by atoms with E-state index in [9.17, 15) is 0 Å². The molecule has 0 fully saturated rings. The van der Waals surface area contributed by atoms with Gasteiger partial charge in [0.2, 0.25) is 0 Å². The number of hydrogen-bond acceptors (Lipinski definition) is 0. The lowest BCUT2D eigenvalue weighted by molar-refractivity contribution is 0.665. The molecule has 0 N–H and O–H groups in total. The molecule has 0 aromatic heterocycles. The molecule has 0 heteroatoms. The zero-order valence-corrected chi connectivity index (χ0v) is 12.9. The predicted molar refractivity (Wildman–Crippen MR) is 88.3 cm³/mol. The van der Waals surface area contributed by atoms with Crippen LogP contribution in [-0.2, 0) is 12.8 Å². The zero-order valence-electron chi connectivity index (χ0n) is 12.9. The molecule has 0 spiro atoms. The van der Waals surface area contributed by atoms with Crippen LogP contribution in [0.3, 0.4) is 0 Å². The van der Waals surface area contributed by atoms with Crippen molar-refractivity contribution in [2.24, 2.45) is 0 Å². The van der Waals surface area contributed by atoms with E-state index in [1.807, 2.05) is 0 Å². The molecule has 20 heavy (non-hydrogen) atoms. The van der Waals surface area contributed by atoms with Crippen molar-refractivity contribution in [1.82, 2.24) is 0 Å². The highest BCUT2D eigenvalue weighted by Gasteiger charge is 2.04. The molecule has 0 aliphatic rings. The number of hydrogen-bond donors (Lipinski definition) is 0. The van der Waals surface area contributed by atoms with Crippen molar-refractivity contribution in [2.45, 2.75) is 52.4 Å². The lowest BCUT2D eigenvalue weighted by Crippen LogP contribution is -1.97. The summed E-state index contributed by atoms with van der Waals surface area (Å²) in [6.07, 6.45) is 7.64. The minimum Gasteiger partial charge on any atom is -0.0654 e. The second kappa shape index (κ2) is 7.89. The van der Waals surface area contributed by atoms with Crippen LogP contribution in [0.5, 0.6) is 0 Å². The van der Waals surface area contributed by atoms with E-state index in [-0.39, 0.29) is 0 Å². The van der Waals surface area contributed by atoms with Crippen LogP contribution in [0, 0.1) is 6.92 Å². The first-order valence-electron chi connectivity index (χ1n) is 7.92. The first-order chi connectivity index (χ1) is 9.81. The van der Waals surface area contributed by atoms with E-state index >= 15 is 0 Å². The van der Waals surface area contributed by atoms with Crippen molar-refractivity contribution in [3.8, 4) is 0 Å². The largest absolute Gasteiger partial charge is 0.0654 e. The molecule has 0 bridgehead atoms. The van der Waals surface area contributed by atoms with Crippen molar-refractivity contribution in [3.05, 3.63) is 70.8 Å². The molecule has 0 saturated carbocycles. The van der Waals surface area contributed by atoms with Gasteiger partial charge in [-0.05, 0) is 48.4 Å². The van der Waals surface area contributed by atoms with Crippen LogP contribution in [0.2, 0.25) is 0 Å². The topological polar surface area (TPSA) is 0 Å². The van der Waals surface area contributed by atoms with E-state index in [4.69, 9.17) is 0 Å². The Morgan fingerprint density at radius 1 is 0.700 bits per heavy atom. The highest BCUT2D eigenvalue weighted by molar-refractivity contribution is 5.36. The summed E-state index contributed by atoms with van der Waals surface area (Å²) < 4.78 is 0. The lowest BCUT2D eigenvalue weighted by Gasteiger charge is -2.11. The third kappa shape index (κ3) is 4.23. The second-order valence-electron chi connectivity index (χ2n) is 5.68. The summed E-state index contributed by atoms with van der Waals surface area (Å²) >= 11 is 0. The molecular formula is C20H26. The Balaban J connectivity index is 2.06. The van der Waals surface area contributed by atoms with Crippen molar-refractivity contribution in [3.63, 3.8) is 0 Å². The Hall–Kier alpha value is -1.56. The molecule has 2 aromatic carbocycles. The average Bonchev–Trinajstić information content (AvgIpc) is 2.47. The summed E-state index contributed by atoms with van der Waals surface area (Å²) in [5.41, 5.74) is 5.88. The molecule has 106 valence electrons. The van der Waals surface area contributed by atoms with Crippen LogP contribution in [0.15, 0.2) is 48.5 Å². The van der Waals surface area contributed by atoms with Gasteiger partial charge in [-0.15, -0.1) is 0 Å². The average molecular weight is 266 g/mol. The van der Waals surface area contributed by atoms with Crippen LogP contribution >= 0.6 is 0 Å². The Kier molecular flexibility index (Phi) is 5.86. The fraction of sp³-hybridized carbons (Fsp3) is 0.400. The van der Waals surface area contributed by atoms with Gasteiger partial charge in [-0.2, -0.15) is 0 Å². The third-order valence-electron chi connectivity index (χ3n) is 4.06. The molecule has 0 atom stereocenters. The van der Waals surface area contributed by atoms with Crippen molar-refractivity contribution >= 4 is 0 Å². The van der Waals surface area contributed by atoms with Gasteiger partial charge in [0, 0.05) is 0 Å². The summed E-state index contributed by atoms with van der Waals surface area (Å²) in [5.74, 6) is 0. The molecule has 0 amide bonds. The lowest BCUT2D eigenvalue weighted by atomic mass is 9.94. The van der Waals surface area contributed by atoms with E-state index in [1.54, 1.807) is 0 Å². The highest BCUT2D eigenvalue weighted by atomic mass is 14.1. The van der Waals surface area contributed by atoms with E-state index < -0.39 is 0 Å².